The average molecular weight is 469 g/mol. The minimum Gasteiger partial charge on any atom is -0.332 e. The Labute approximate surface area is 180 Å². The van der Waals surface area contributed by atoms with Crippen LogP contribution >= 0.6 is 11.3 Å². The first kappa shape index (κ1) is 21.7. The van der Waals surface area contributed by atoms with Crippen LogP contribution in [0.1, 0.15) is 12.1 Å². The van der Waals surface area contributed by atoms with Gasteiger partial charge in [0, 0.05) is 25.0 Å². The summed E-state index contributed by atoms with van der Waals surface area (Å²) in [7, 11) is 1.31. The van der Waals surface area contributed by atoms with Gasteiger partial charge in [-0.05, 0) is 11.6 Å². The first-order chi connectivity index (χ1) is 15.0. The average Bonchev–Trinajstić information content (AvgIpc) is 3.32. The highest BCUT2D eigenvalue weighted by molar-refractivity contribution is 7.14. The number of carbonyl (C=O) groups excluding carboxylic acids is 1. The zero-order chi connectivity index (χ0) is 23.2. The molecule has 0 saturated heterocycles. The summed E-state index contributed by atoms with van der Waals surface area (Å²) in [5.41, 5.74) is -1.39. The lowest BCUT2D eigenvalue weighted by Crippen LogP contribution is -2.33. The van der Waals surface area contributed by atoms with Gasteiger partial charge in [-0.3, -0.25) is 14.2 Å². The topological polar surface area (TPSA) is 102 Å². The molecule has 1 atom stereocenters. The molecule has 0 bridgehead atoms. The maximum Gasteiger partial charge on any atom is 0.415 e. The second-order valence-corrected chi connectivity index (χ2v) is 7.93. The molecular formula is C19H15F4N5O3S. The molecule has 3 aromatic heterocycles. The summed E-state index contributed by atoms with van der Waals surface area (Å²) in [5, 5.41) is 4.22. The Balaban J connectivity index is 1.50. The molecule has 0 saturated carbocycles. The molecule has 3 aromatic rings. The largest absolute Gasteiger partial charge is 0.415 e. The number of carbonyl (C=O) groups is 1. The van der Waals surface area contributed by atoms with Gasteiger partial charge in [0.05, 0.1) is 16.8 Å². The lowest BCUT2D eigenvalue weighted by Gasteiger charge is -2.20. The first-order valence-corrected chi connectivity index (χ1v) is 10.1. The number of hydrogen-bond acceptors (Lipinski definition) is 5. The second-order valence-electron chi connectivity index (χ2n) is 7.07. The first-order valence-electron chi connectivity index (χ1n) is 9.20. The van der Waals surface area contributed by atoms with Crippen molar-refractivity contribution in [1.29, 1.82) is 0 Å². The van der Waals surface area contributed by atoms with Crippen molar-refractivity contribution in [2.24, 2.45) is 7.05 Å². The van der Waals surface area contributed by atoms with Gasteiger partial charge in [0.1, 0.15) is 18.2 Å². The maximum atomic E-state index is 13.9. The van der Waals surface area contributed by atoms with Crippen LogP contribution in [0.5, 0.6) is 0 Å². The Hall–Kier alpha value is -3.48. The molecule has 1 aliphatic carbocycles. The van der Waals surface area contributed by atoms with E-state index in [2.05, 4.69) is 15.3 Å². The van der Waals surface area contributed by atoms with E-state index >= 15 is 0 Å². The zero-order valence-corrected chi connectivity index (χ0v) is 17.2. The summed E-state index contributed by atoms with van der Waals surface area (Å²) in [6.07, 6.45) is -4.05. The predicted molar refractivity (Wildman–Crippen MR) is 110 cm³/mol. The molecule has 3 heterocycles. The van der Waals surface area contributed by atoms with Crippen LogP contribution in [-0.2, 0) is 18.4 Å². The maximum absolute atomic E-state index is 13.9. The molecule has 0 aromatic carbocycles. The van der Waals surface area contributed by atoms with Crippen molar-refractivity contribution in [1.82, 2.24) is 19.1 Å². The Morgan fingerprint density at radius 3 is 2.78 bits per heavy atom. The van der Waals surface area contributed by atoms with Crippen LogP contribution in [0.2, 0.25) is 0 Å². The smallest absolute Gasteiger partial charge is 0.332 e. The third-order valence-corrected chi connectivity index (χ3v) is 5.70. The lowest BCUT2D eigenvalue weighted by atomic mass is 9.95. The number of hydrogen-bond donors (Lipinski definition) is 2. The van der Waals surface area contributed by atoms with Crippen molar-refractivity contribution >= 4 is 39.0 Å². The molecule has 1 unspecified atom stereocenters. The predicted octanol–water partition coefficient (Wildman–Crippen LogP) is 2.74. The van der Waals surface area contributed by atoms with Crippen LogP contribution in [0.25, 0.3) is 16.6 Å². The molecule has 0 fully saturated rings. The highest BCUT2D eigenvalue weighted by Crippen LogP contribution is 2.38. The number of fused-ring (bicyclic) bond motifs is 1. The van der Waals surface area contributed by atoms with Crippen molar-refractivity contribution in [2.75, 3.05) is 5.32 Å². The van der Waals surface area contributed by atoms with Gasteiger partial charge in [0.25, 0.3) is 5.56 Å². The number of anilines is 1. The number of thiazole rings is 1. The number of allylic oxidation sites excluding steroid dienone is 4. The molecular weight excluding hydrogens is 454 g/mol. The van der Waals surface area contributed by atoms with E-state index in [1.807, 2.05) is 0 Å². The van der Waals surface area contributed by atoms with Crippen molar-refractivity contribution in [2.45, 2.75) is 25.3 Å². The van der Waals surface area contributed by atoms with Crippen LogP contribution in [0.15, 0.2) is 45.0 Å². The van der Waals surface area contributed by atoms with Gasteiger partial charge in [0.15, 0.2) is 5.13 Å². The van der Waals surface area contributed by atoms with Crippen LogP contribution in [-0.4, -0.2) is 37.4 Å². The second kappa shape index (κ2) is 7.89. The summed E-state index contributed by atoms with van der Waals surface area (Å²) in [6, 6.07) is 1.50. The molecule has 1 aliphatic rings. The van der Waals surface area contributed by atoms with Gasteiger partial charge in [-0.2, -0.15) is 13.2 Å². The number of alkyl halides is 4. The van der Waals surface area contributed by atoms with Crippen molar-refractivity contribution in [3.8, 4) is 0 Å². The summed E-state index contributed by atoms with van der Waals surface area (Å²) in [4.78, 5) is 43.1. The highest BCUT2D eigenvalue weighted by atomic mass is 32.1. The van der Waals surface area contributed by atoms with Gasteiger partial charge in [-0.25, -0.2) is 14.2 Å². The number of H-pyrrole nitrogens is 1. The Morgan fingerprint density at radius 1 is 1.34 bits per heavy atom. The quantitative estimate of drug-likeness (QED) is 0.574. The van der Waals surface area contributed by atoms with E-state index in [1.54, 1.807) is 0 Å². The number of amides is 1. The fraction of sp³-hybridized carbons (Fsp3) is 0.263. The number of aromatic nitrogens is 4. The van der Waals surface area contributed by atoms with E-state index < -0.39 is 41.5 Å². The van der Waals surface area contributed by atoms with Crippen LogP contribution < -0.4 is 16.6 Å². The zero-order valence-electron chi connectivity index (χ0n) is 16.4. The lowest BCUT2D eigenvalue weighted by molar-refractivity contribution is -0.116. The van der Waals surface area contributed by atoms with Gasteiger partial charge < -0.3 is 14.9 Å². The third-order valence-electron chi connectivity index (χ3n) is 4.94. The normalized spacial score (nSPS) is 16.7. The summed E-state index contributed by atoms with van der Waals surface area (Å²) in [5.74, 6) is -0.517. The van der Waals surface area contributed by atoms with Crippen LogP contribution in [0.4, 0.5) is 22.7 Å². The standard InChI is InChI=1S/C19H15F4N5O3S/c1-27-16(30)15-12(25-18(27)31)4-5-28(15)7-14(29)26-17-24-13(8-32-17)9-2-3-10(11(20)6-9)19(21,22)23/h2-5,8,11H,6-7H2,1H3,(H,25,31)(H,24,26,29). The third kappa shape index (κ3) is 4.02. The fourth-order valence-electron chi connectivity index (χ4n) is 3.31. The van der Waals surface area contributed by atoms with E-state index in [4.69, 9.17) is 0 Å². The number of rotatable bonds is 4. The molecule has 2 N–H and O–H groups in total. The minimum atomic E-state index is -4.74. The number of halogens is 4. The van der Waals surface area contributed by atoms with E-state index in [9.17, 15) is 31.9 Å². The monoisotopic (exact) mass is 469 g/mol. The van der Waals surface area contributed by atoms with Gasteiger partial charge in [0.2, 0.25) is 5.91 Å². The summed E-state index contributed by atoms with van der Waals surface area (Å²) >= 11 is 1.03. The Morgan fingerprint density at radius 2 is 2.09 bits per heavy atom. The number of nitrogens with zero attached hydrogens (tertiary/aromatic N) is 3. The molecule has 0 aliphatic heterocycles. The Kier molecular flexibility index (Phi) is 5.36. The van der Waals surface area contributed by atoms with Crippen molar-refractivity contribution in [3.63, 3.8) is 0 Å². The molecule has 8 nitrogen and oxygen atoms in total. The highest BCUT2D eigenvalue weighted by Gasteiger charge is 2.40. The summed E-state index contributed by atoms with van der Waals surface area (Å²) in [6.45, 7) is -0.243. The van der Waals surface area contributed by atoms with Gasteiger partial charge >= 0.3 is 11.9 Å². The molecule has 32 heavy (non-hydrogen) atoms. The van der Waals surface area contributed by atoms with Crippen molar-refractivity contribution in [3.05, 3.63) is 61.9 Å². The van der Waals surface area contributed by atoms with E-state index in [1.165, 1.54) is 35.3 Å². The van der Waals surface area contributed by atoms with Crippen LogP contribution in [0, 0.1) is 0 Å². The molecule has 4 rings (SSSR count). The van der Waals surface area contributed by atoms with Gasteiger partial charge in [-0.15, -0.1) is 11.3 Å². The van der Waals surface area contributed by atoms with E-state index in [-0.39, 0.29) is 28.5 Å². The fourth-order valence-corrected chi connectivity index (χ4v) is 4.06. The summed E-state index contributed by atoms with van der Waals surface area (Å²) < 4.78 is 54.5. The van der Waals surface area contributed by atoms with Crippen LogP contribution in [0.3, 0.4) is 0 Å². The minimum absolute atomic E-state index is 0.149. The van der Waals surface area contributed by atoms with Crippen molar-refractivity contribution < 1.29 is 22.4 Å². The molecule has 0 radical (unpaired) electrons. The molecule has 168 valence electrons. The Bertz CT molecular complexity index is 1390. The number of aromatic amines is 1. The number of nitrogens with one attached hydrogen (secondary N) is 2. The van der Waals surface area contributed by atoms with E-state index in [0.29, 0.717) is 11.6 Å². The SMILES string of the molecule is Cn1c(=O)[nH]c2ccn(CC(=O)Nc3nc(C4=CC=C(C(F)(F)F)C(F)C4)cs3)c2c1=O. The molecule has 1 amide bonds. The van der Waals surface area contributed by atoms with Gasteiger partial charge in [-0.1, -0.05) is 12.2 Å². The molecule has 13 heteroatoms. The van der Waals surface area contributed by atoms with E-state index in [0.717, 1.165) is 15.9 Å². The molecule has 0 spiro atoms.